The maximum absolute atomic E-state index is 13.0. The molecule has 0 bridgehead atoms. The van der Waals surface area contributed by atoms with Gasteiger partial charge in [-0.25, -0.2) is 0 Å². The first-order valence-electron chi connectivity index (χ1n) is 11.2. The summed E-state index contributed by atoms with van der Waals surface area (Å²) in [6.45, 7) is 5.33. The van der Waals surface area contributed by atoms with Crippen LogP contribution in [-0.2, 0) is 9.59 Å². The third-order valence-electron chi connectivity index (χ3n) is 6.49. The predicted molar refractivity (Wildman–Crippen MR) is 122 cm³/mol. The zero-order valence-corrected chi connectivity index (χ0v) is 18.2. The summed E-state index contributed by atoms with van der Waals surface area (Å²) in [4.78, 5) is 32.1. The van der Waals surface area contributed by atoms with Gasteiger partial charge in [-0.05, 0) is 18.2 Å². The quantitative estimate of drug-likeness (QED) is 0.774. The van der Waals surface area contributed by atoms with Gasteiger partial charge in [-0.2, -0.15) is 0 Å². The van der Waals surface area contributed by atoms with E-state index in [4.69, 9.17) is 0 Å². The summed E-state index contributed by atoms with van der Waals surface area (Å²) in [6.07, 6.45) is 0.242. The van der Waals surface area contributed by atoms with E-state index in [0.717, 1.165) is 32.7 Å². The zero-order chi connectivity index (χ0) is 21.6. The molecule has 2 saturated heterocycles. The van der Waals surface area contributed by atoms with Crippen molar-refractivity contribution < 1.29 is 9.59 Å². The smallest absolute Gasteiger partial charge is 0.237 e. The van der Waals surface area contributed by atoms with Gasteiger partial charge in [0.05, 0.1) is 12.5 Å². The summed E-state index contributed by atoms with van der Waals surface area (Å²) in [5.74, 6) is 0.194. The minimum Gasteiger partial charge on any atom is -0.353 e. The Labute approximate surface area is 184 Å². The maximum Gasteiger partial charge on any atom is 0.237 e. The molecule has 0 saturated carbocycles. The molecule has 0 spiro atoms. The Kier molecular flexibility index (Phi) is 6.99. The van der Waals surface area contributed by atoms with Crippen LogP contribution in [0.15, 0.2) is 60.7 Å². The molecule has 0 aromatic heterocycles. The molecule has 0 unspecified atom stereocenters. The number of benzene rings is 2. The number of carbonyl (C=O) groups excluding carboxylic acids is 2. The van der Waals surface area contributed by atoms with Crippen molar-refractivity contribution in [3.63, 3.8) is 0 Å². The van der Waals surface area contributed by atoms with Gasteiger partial charge in [-0.15, -0.1) is 0 Å². The van der Waals surface area contributed by atoms with Crippen LogP contribution in [0.1, 0.15) is 23.5 Å². The third kappa shape index (κ3) is 5.32. The van der Waals surface area contributed by atoms with Crippen LogP contribution in [0, 0.1) is 0 Å². The summed E-state index contributed by atoms with van der Waals surface area (Å²) < 4.78 is 0. The zero-order valence-electron chi connectivity index (χ0n) is 18.2. The number of likely N-dealkylation sites (N-methyl/N-ethyl adjacent to an activating group) is 1. The van der Waals surface area contributed by atoms with Crippen LogP contribution >= 0.6 is 0 Å². The van der Waals surface area contributed by atoms with Gasteiger partial charge >= 0.3 is 0 Å². The molecule has 2 amide bonds. The first kappa shape index (κ1) is 21.5. The van der Waals surface area contributed by atoms with Crippen LogP contribution in [-0.4, -0.2) is 85.4 Å². The molecule has 164 valence electrons. The van der Waals surface area contributed by atoms with Crippen LogP contribution in [0.4, 0.5) is 0 Å². The SMILES string of the molecule is CN1CCN(C(=O)C[C@H]2C(=O)NCCN2CC(c2ccccc2)c2ccccc2)CC1. The minimum atomic E-state index is -0.421. The first-order chi connectivity index (χ1) is 15.1. The van der Waals surface area contributed by atoms with Crippen molar-refractivity contribution >= 4 is 11.8 Å². The van der Waals surface area contributed by atoms with E-state index in [1.807, 2.05) is 17.0 Å². The molecule has 4 rings (SSSR count). The van der Waals surface area contributed by atoms with Gasteiger partial charge < -0.3 is 15.1 Å². The molecule has 2 aromatic carbocycles. The maximum atomic E-state index is 13.0. The molecule has 2 aliphatic heterocycles. The number of nitrogens with zero attached hydrogens (tertiary/aromatic N) is 3. The van der Waals surface area contributed by atoms with Gasteiger partial charge in [0.1, 0.15) is 0 Å². The van der Waals surface area contributed by atoms with Crippen LogP contribution in [0.5, 0.6) is 0 Å². The van der Waals surface area contributed by atoms with Gasteiger partial charge in [0, 0.05) is 51.7 Å². The van der Waals surface area contributed by atoms with E-state index in [2.05, 4.69) is 70.7 Å². The molecule has 31 heavy (non-hydrogen) atoms. The highest BCUT2D eigenvalue weighted by Crippen LogP contribution is 2.27. The minimum absolute atomic E-state index is 0.0337. The number of carbonyl (C=O) groups is 2. The summed E-state index contributed by atoms with van der Waals surface area (Å²) in [6, 6.07) is 20.4. The number of amides is 2. The molecular formula is C25H32N4O2. The highest BCUT2D eigenvalue weighted by atomic mass is 16.2. The van der Waals surface area contributed by atoms with Gasteiger partial charge in [-0.1, -0.05) is 60.7 Å². The number of nitrogens with one attached hydrogen (secondary N) is 1. The number of hydrogen-bond acceptors (Lipinski definition) is 4. The van der Waals surface area contributed by atoms with E-state index >= 15 is 0 Å². The average Bonchev–Trinajstić information content (AvgIpc) is 2.81. The second kappa shape index (κ2) is 10.1. The third-order valence-corrected chi connectivity index (χ3v) is 6.49. The fourth-order valence-corrected chi connectivity index (χ4v) is 4.56. The van der Waals surface area contributed by atoms with E-state index in [1.165, 1.54) is 11.1 Å². The molecule has 1 N–H and O–H groups in total. The lowest BCUT2D eigenvalue weighted by atomic mass is 9.90. The predicted octanol–water partition coefficient (Wildman–Crippen LogP) is 1.78. The van der Waals surface area contributed by atoms with E-state index in [9.17, 15) is 9.59 Å². The number of hydrogen-bond donors (Lipinski definition) is 1. The monoisotopic (exact) mass is 420 g/mol. The topological polar surface area (TPSA) is 55.9 Å². The van der Waals surface area contributed by atoms with Crippen molar-refractivity contribution in [2.75, 3.05) is 52.9 Å². The summed E-state index contributed by atoms with van der Waals surface area (Å²) >= 11 is 0. The van der Waals surface area contributed by atoms with Crippen molar-refractivity contribution in [3.05, 3.63) is 71.8 Å². The van der Waals surface area contributed by atoms with E-state index in [-0.39, 0.29) is 24.2 Å². The molecule has 6 heteroatoms. The molecule has 2 fully saturated rings. The highest BCUT2D eigenvalue weighted by Gasteiger charge is 2.35. The fraction of sp³-hybridized carbons (Fsp3) is 0.440. The average molecular weight is 421 g/mol. The Balaban J connectivity index is 1.52. The Bertz CT molecular complexity index is 826. The second-order valence-electron chi connectivity index (χ2n) is 8.56. The Morgan fingerprint density at radius 1 is 0.935 bits per heavy atom. The molecule has 2 heterocycles. The van der Waals surface area contributed by atoms with Crippen LogP contribution in [0.3, 0.4) is 0 Å². The standard InChI is InChI=1S/C25H32N4O2/c1-27-14-16-28(17-15-27)24(30)18-23-25(31)26-12-13-29(23)19-22(20-8-4-2-5-9-20)21-10-6-3-7-11-21/h2-11,22-23H,12-19H2,1H3,(H,26,31)/t23-/m0/s1. The lowest BCUT2D eigenvalue weighted by Crippen LogP contribution is -2.58. The van der Waals surface area contributed by atoms with Crippen molar-refractivity contribution in [2.45, 2.75) is 18.4 Å². The Morgan fingerprint density at radius 2 is 1.52 bits per heavy atom. The van der Waals surface area contributed by atoms with Crippen molar-refractivity contribution in [2.24, 2.45) is 0 Å². The van der Waals surface area contributed by atoms with Gasteiger partial charge in [0.2, 0.25) is 11.8 Å². The van der Waals surface area contributed by atoms with Gasteiger partial charge in [0.15, 0.2) is 0 Å². The van der Waals surface area contributed by atoms with Crippen LogP contribution < -0.4 is 5.32 Å². The van der Waals surface area contributed by atoms with Crippen LogP contribution in [0.25, 0.3) is 0 Å². The molecule has 6 nitrogen and oxygen atoms in total. The van der Waals surface area contributed by atoms with Crippen molar-refractivity contribution in [1.29, 1.82) is 0 Å². The molecule has 2 aromatic rings. The summed E-state index contributed by atoms with van der Waals surface area (Å²) in [5.41, 5.74) is 2.45. The first-order valence-corrected chi connectivity index (χ1v) is 11.2. The molecule has 0 radical (unpaired) electrons. The largest absolute Gasteiger partial charge is 0.353 e. The molecular weight excluding hydrogens is 388 g/mol. The van der Waals surface area contributed by atoms with E-state index in [1.54, 1.807) is 0 Å². The second-order valence-corrected chi connectivity index (χ2v) is 8.56. The number of rotatable bonds is 6. The normalized spacial score (nSPS) is 20.6. The Morgan fingerprint density at radius 3 is 2.10 bits per heavy atom. The fourth-order valence-electron chi connectivity index (χ4n) is 4.56. The van der Waals surface area contributed by atoms with Gasteiger partial charge in [0.25, 0.3) is 0 Å². The number of piperazine rings is 2. The molecule has 0 aliphatic carbocycles. The molecule has 2 aliphatic rings. The van der Waals surface area contributed by atoms with Crippen molar-refractivity contribution in [1.82, 2.24) is 20.0 Å². The van der Waals surface area contributed by atoms with E-state index < -0.39 is 6.04 Å². The molecule has 1 atom stereocenters. The summed E-state index contributed by atoms with van der Waals surface area (Å²) in [5, 5.41) is 2.97. The lowest BCUT2D eigenvalue weighted by Gasteiger charge is -2.39. The summed E-state index contributed by atoms with van der Waals surface area (Å²) in [7, 11) is 2.07. The Hall–Kier alpha value is -2.70. The lowest BCUT2D eigenvalue weighted by molar-refractivity contribution is -0.139. The van der Waals surface area contributed by atoms with Gasteiger partial charge in [-0.3, -0.25) is 14.5 Å². The van der Waals surface area contributed by atoms with Crippen molar-refractivity contribution in [3.8, 4) is 0 Å². The van der Waals surface area contributed by atoms with Crippen LogP contribution in [0.2, 0.25) is 0 Å². The van der Waals surface area contributed by atoms with E-state index in [0.29, 0.717) is 13.1 Å². The highest BCUT2D eigenvalue weighted by molar-refractivity contribution is 5.89.